The van der Waals surface area contributed by atoms with Gasteiger partial charge >= 0.3 is 11.9 Å². The van der Waals surface area contributed by atoms with Crippen LogP contribution in [-0.4, -0.2) is 19.2 Å². The third-order valence-corrected chi connectivity index (χ3v) is 2.28. The van der Waals surface area contributed by atoms with Crippen LogP contribution in [0.2, 0.25) is 0 Å². The van der Waals surface area contributed by atoms with E-state index in [2.05, 4.69) is 0 Å². The molecule has 0 atom stereocenters. The summed E-state index contributed by atoms with van der Waals surface area (Å²) in [4.78, 5) is 11.7. The summed E-state index contributed by atoms with van der Waals surface area (Å²) in [5.74, 6) is -0.784. The molecule has 0 aromatic heterocycles. The Labute approximate surface area is 104 Å². The molecule has 0 unspecified atom stereocenters. The first-order valence-corrected chi connectivity index (χ1v) is 5.42. The van der Waals surface area contributed by atoms with E-state index in [1.807, 2.05) is 30.3 Å². The Bertz CT molecular complexity index is 493. The first kappa shape index (κ1) is 12.0. The third-order valence-electron chi connectivity index (χ3n) is 2.28. The molecule has 1 heterocycles. The quantitative estimate of drug-likeness (QED) is 0.458. The highest BCUT2D eigenvalue weighted by Crippen LogP contribution is 2.15. The van der Waals surface area contributed by atoms with Crippen molar-refractivity contribution in [3.05, 3.63) is 47.4 Å². The molecular formula is C13H11NO4. The fraction of sp³-hybridized carbons (Fsp3) is 0.231. The Morgan fingerprint density at radius 3 is 2.56 bits per heavy atom. The highest BCUT2D eigenvalue weighted by Gasteiger charge is 2.23. The summed E-state index contributed by atoms with van der Waals surface area (Å²) < 4.78 is 15.0. The van der Waals surface area contributed by atoms with Crippen LogP contribution in [0.1, 0.15) is 5.56 Å². The first-order valence-electron chi connectivity index (χ1n) is 5.42. The number of nitriles is 1. The molecule has 92 valence electrons. The second kappa shape index (κ2) is 5.73. The molecule has 2 rings (SSSR count). The standard InChI is InChI=1S/C13H11NO4/c14-8-11(13-16-6-7-17-13)12(15)18-9-10-4-2-1-3-5-10/h1-5H,6-7,9H2. The highest BCUT2D eigenvalue weighted by molar-refractivity contribution is 5.93. The lowest BCUT2D eigenvalue weighted by Gasteiger charge is -2.05. The molecule has 1 aromatic rings. The van der Waals surface area contributed by atoms with Crippen molar-refractivity contribution in [2.24, 2.45) is 0 Å². The van der Waals surface area contributed by atoms with Gasteiger partial charge in [0.15, 0.2) is 0 Å². The van der Waals surface area contributed by atoms with Crippen molar-refractivity contribution in [1.82, 2.24) is 0 Å². The lowest BCUT2D eigenvalue weighted by Crippen LogP contribution is -2.09. The van der Waals surface area contributed by atoms with Crippen molar-refractivity contribution in [1.29, 1.82) is 5.26 Å². The van der Waals surface area contributed by atoms with Crippen LogP contribution in [0, 0.1) is 11.3 Å². The number of nitrogens with zero attached hydrogens (tertiary/aromatic N) is 1. The van der Waals surface area contributed by atoms with Crippen LogP contribution < -0.4 is 0 Å². The average Bonchev–Trinajstić information content (AvgIpc) is 2.92. The lowest BCUT2D eigenvalue weighted by molar-refractivity contribution is -0.140. The lowest BCUT2D eigenvalue weighted by atomic mass is 10.2. The van der Waals surface area contributed by atoms with Gasteiger partial charge < -0.3 is 14.2 Å². The van der Waals surface area contributed by atoms with Crippen LogP contribution in [0.5, 0.6) is 0 Å². The maximum absolute atomic E-state index is 11.7. The molecule has 0 amide bonds. The minimum absolute atomic E-state index is 0.0458. The number of carbonyl (C=O) groups is 1. The van der Waals surface area contributed by atoms with Crippen LogP contribution in [0.3, 0.4) is 0 Å². The van der Waals surface area contributed by atoms with E-state index in [0.717, 1.165) is 5.56 Å². The van der Waals surface area contributed by atoms with Gasteiger partial charge in [-0.1, -0.05) is 30.3 Å². The predicted octanol–water partition coefficient (Wildman–Crippen LogP) is 1.51. The van der Waals surface area contributed by atoms with Gasteiger partial charge in [0.1, 0.15) is 25.9 Å². The van der Waals surface area contributed by atoms with E-state index in [0.29, 0.717) is 13.2 Å². The van der Waals surface area contributed by atoms with Crippen LogP contribution >= 0.6 is 0 Å². The van der Waals surface area contributed by atoms with Gasteiger partial charge in [-0.25, -0.2) is 4.79 Å². The molecule has 1 fully saturated rings. The largest absolute Gasteiger partial charge is 0.461 e. The Morgan fingerprint density at radius 2 is 1.94 bits per heavy atom. The molecular weight excluding hydrogens is 234 g/mol. The normalized spacial score (nSPS) is 13.2. The zero-order valence-corrected chi connectivity index (χ0v) is 9.59. The van der Waals surface area contributed by atoms with Crippen LogP contribution in [0.25, 0.3) is 0 Å². The van der Waals surface area contributed by atoms with Gasteiger partial charge in [-0.2, -0.15) is 5.26 Å². The topological polar surface area (TPSA) is 68.6 Å². The summed E-state index contributed by atoms with van der Waals surface area (Å²) in [6.45, 7) is 0.789. The van der Waals surface area contributed by atoms with Crippen molar-refractivity contribution in [3.63, 3.8) is 0 Å². The molecule has 5 nitrogen and oxygen atoms in total. The van der Waals surface area contributed by atoms with E-state index >= 15 is 0 Å². The second-order valence-corrected chi connectivity index (χ2v) is 3.53. The number of hydrogen-bond acceptors (Lipinski definition) is 5. The van der Waals surface area contributed by atoms with Crippen LogP contribution in [0.4, 0.5) is 0 Å². The van der Waals surface area contributed by atoms with Crippen molar-refractivity contribution in [2.45, 2.75) is 6.61 Å². The summed E-state index contributed by atoms with van der Waals surface area (Å²) in [5.41, 5.74) is 0.616. The van der Waals surface area contributed by atoms with Gasteiger partial charge in [0.05, 0.1) is 0 Å². The van der Waals surface area contributed by atoms with Gasteiger partial charge in [0.25, 0.3) is 0 Å². The SMILES string of the molecule is N#CC(C(=O)OCc1ccccc1)=C1OCCO1. The summed E-state index contributed by atoms with van der Waals surface area (Å²) in [6, 6.07) is 10.9. The van der Waals surface area contributed by atoms with Crippen LogP contribution in [-0.2, 0) is 25.6 Å². The van der Waals surface area contributed by atoms with Crippen molar-refractivity contribution in [2.75, 3.05) is 13.2 Å². The molecule has 0 aliphatic carbocycles. The Balaban J connectivity index is 1.99. The van der Waals surface area contributed by atoms with E-state index in [1.165, 1.54) is 0 Å². The second-order valence-electron chi connectivity index (χ2n) is 3.53. The number of ether oxygens (including phenoxy) is 3. The Kier molecular flexibility index (Phi) is 3.82. The maximum atomic E-state index is 11.7. The minimum Gasteiger partial charge on any atom is -0.461 e. The highest BCUT2D eigenvalue weighted by atomic mass is 16.7. The summed E-state index contributed by atoms with van der Waals surface area (Å²) in [5, 5.41) is 8.89. The monoisotopic (exact) mass is 245 g/mol. The van der Waals surface area contributed by atoms with Gasteiger partial charge in [-0.3, -0.25) is 0 Å². The fourth-order valence-electron chi connectivity index (χ4n) is 1.42. The van der Waals surface area contributed by atoms with Gasteiger partial charge in [-0.15, -0.1) is 0 Å². The number of esters is 1. The molecule has 1 saturated heterocycles. The van der Waals surface area contributed by atoms with Gasteiger partial charge in [-0.05, 0) is 5.56 Å². The van der Waals surface area contributed by atoms with E-state index < -0.39 is 5.97 Å². The Hall–Kier alpha value is -2.48. The van der Waals surface area contributed by atoms with Crippen molar-refractivity contribution in [3.8, 4) is 6.07 Å². The molecule has 0 radical (unpaired) electrons. The third kappa shape index (κ3) is 2.80. The molecule has 0 saturated carbocycles. The van der Waals surface area contributed by atoms with Gasteiger partial charge in [0, 0.05) is 0 Å². The van der Waals surface area contributed by atoms with E-state index in [4.69, 9.17) is 19.5 Å². The maximum Gasteiger partial charge on any atom is 0.356 e. The van der Waals surface area contributed by atoms with E-state index in [1.54, 1.807) is 6.07 Å². The average molecular weight is 245 g/mol. The molecule has 0 N–H and O–H groups in total. The van der Waals surface area contributed by atoms with Crippen molar-refractivity contribution >= 4 is 5.97 Å². The van der Waals surface area contributed by atoms with Gasteiger partial charge in [0.2, 0.25) is 5.57 Å². The molecule has 0 bridgehead atoms. The molecule has 18 heavy (non-hydrogen) atoms. The first-order chi connectivity index (χ1) is 8.81. The predicted molar refractivity (Wildman–Crippen MR) is 60.8 cm³/mol. The van der Waals surface area contributed by atoms with Crippen LogP contribution in [0.15, 0.2) is 41.9 Å². The smallest absolute Gasteiger partial charge is 0.356 e. The zero-order chi connectivity index (χ0) is 12.8. The molecule has 1 aliphatic rings. The van der Waals surface area contributed by atoms with E-state index in [9.17, 15) is 4.79 Å². The minimum atomic E-state index is -0.738. The summed E-state index contributed by atoms with van der Waals surface area (Å²) in [6.07, 6.45) is 0. The van der Waals surface area contributed by atoms with E-state index in [-0.39, 0.29) is 18.1 Å². The number of hydrogen-bond donors (Lipinski definition) is 0. The summed E-state index contributed by atoms with van der Waals surface area (Å²) in [7, 11) is 0. The number of benzene rings is 1. The summed E-state index contributed by atoms with van der Waals surface area (Å²) >= 11 is 0. The molecule has 5 heteroatoms. The number of rotatable bonds is 3. The number of carbonyl (C=O) groups excluding carboxylic acids is 1. The Morgan fingerprint density at radius 1 is 1.28 bits per heavy atom. The molecule has 0 spiro atoms. The van der Waals surface area contributed by atoms with Crippen molar-refractivity contribution < 1.29 is 19.0 Å². The molecule has 1 aromatic carbocycles. The fourth-order valence-corrected chi connectivity index (χ4v) is 1.42. The molecule has 1 aliphatic heterocycles. The zero-order valence-electron chi connectivity index (χ0n) is 9.59.